The summed E-state index contributed by atoms with van der Waals surface area (Å²) in [6, 6.07) is 23.1. The number of hydrogen-bond acceptors (Lipinski definition) is 15. The monoisotopic (exact) mass is 945 g/mol. The molecule has 2 fully saturated rings. The van der Waals surface area contributed by atoms with Crippen LogP contribution < -0.4 is 0 Å². The largest absolute Gasteiger partial charge is 0.461 e. The van der Waals surface area contributed by atoms with Gasteiger partial charge in [-0.1, -0.05) is 94.4 Å². The third-order valence-electron chi connectivity index (χ3n) is 14.0. The van der Waals surface area contributed by atoms with Crippen LogP contribution in [0.4, 0.5) is 5.69 Å². The van der Waals surface area contributed by atoms with Crippen molar-refractivity contribution in [1.82, 2.24) is 4.90 Å². The van der Waals surface area contributed by atoms with Gasteiger partial charge in [0.1, 0.15) is 23.9 Å². The first-order chi connectivity index (χ1) is 32.0. The maximum Gasteiger partial charge on any atom is 0.312 e. The molecule has 3 N–H and O–H groups in total. The second-order valence-corrected chi connectivity index (χ2v) is 19.4. The van der Waals surface area contributed by atoms with E-state index in [9.17, 15) is 35.0 Å². The minimum Gasteiger partial charge on any atom is -0.461 e. The summed E-state index contributed by atoms with van der Waals surface area (Å²) in [5.74, 6) is -5.00. The highest BCUT2D eigenvalue weighted by Crippen LogP contribution is 2.40. The number of benzene rings is 3. The van der Waals surface area contributed by atoms with Crippen molar-refractivity contribution in [3.05, 3.63) is 100 Å². The summed E-state index contributed by atoms with van der Waals surface area (Å²) in [4.78, 5) is 41.1. The van der Waals surface area contributed by atoms with Crippen LogP contribution in [-0.2, 0) is 39.7 Å². The fourth-order valence-electron chi connectivity index (χ4n) is 9.80. The van der Waals surface area contributed by atoms with Crippen molar-refractivity contribution in [2.75, 3.05) is 21.2 Å². The molecule has 0 saturated carbocycles. The third kappa shape index (κ3) is 12.6. The topological polar surface area (TPSA) is 212 Å². The van der Waals surface area contributed by atoms with Gasteiger partial charge in [-0.2, -0.15) is 10.2 Å². The van der Waals surface area contributed by atoms with Crippen molar-refractivity contribution in [3.63, 3.8) is 0 Å². The van der Waals surface area contributed by atoms with Crippen molar-refractivity contribution >= 4 is 29.0 Å². The van der Waals surface area contributed by atoms with Gasteiger partial charge in [0.05, 0.1) is 46.9 Å². The van der Waals surface area contributed by atoms with Crippen LogP contribution in [0.1, 0.15) is 92.7 Å². The smallest absolute Gasteiger partial charge is 0.312 e. The number of aliphatic hydroxyl groups is 3. The van der Waals surface area contributed by atoms with Crippen molar-refractivity contribution in [2.24, 2.45) is 33.9 Å². The molecule has 4 unspecified atom stereocenters. The van der Waals surface area contributed by atoms with E-state index >= 15 is 0 Å². The molecule has 372 valence electrons. The Labute approximate surface area is 400 Å². The van der Waals surface area contributed by atoms with E-state index in [4.69, 9.17) is 33.9 Å². The summed E-state index contributed by atoms with van der Waals surface area (Å²) in [6.07, 6.45) is -7.20. The molecule has 16 nitrogen and oxygen atoms in total. The molecule has 68 heavy (non-hydrogen) atoms. The molecule has 2 aliphatic rings. The van der Waals surface area contributed by atoms with E-state index in [2.05, 4.69) is 0 Å². The van der Waals surface area contributed by atoms with E-state index < -0.39 is 88.5 Å². The molecule has 0 amide bonds. The van der Waals surface area contributed by atoms with Gasteiger partial charge in [-0.05, 0) is 96.1 Å². The van der Waals surface area contributed by atoms with E-state index in [1.807, 2.05) is 101 Å². The number of nitro benzene ring substituents is 1. The number of ether oxygens (including phenoxy) is 5. The van der Waals surface area contributed by atoms with E-state index in [0.717, 1.165) is 16.7 Å². The number of non-ortho nitro benzene ring substituents is 1. The van der Waals surface area contributed by atoms with Crippen molar-refractivity contribution in [3.8, 4) is 11.1 Å². The number of rotatable bonds is 12. The van der Waals surface area contributed by atoms with Gasteiger partial charge in [0, 0.05) is 42.8 Å². The minimum atomic E-state index is -2.00. The molecule has 2 saturated heterocycles. The van der Waals surface area contributed by atoms with Gasteiger partial charge in [-0.25, -0.2) is 0 Å². The van der Waals surface area contributed by atoms with Gasteiger partial charge in [0.25, 0.3) is 5.69 Å². The molecular formula is C52H72N4O12. The Hall–Kier alpha value is -4.94. The van der Waals surface area contributed by atoms with Crippen LogP contribution in [0.2, 0.25) is 0 Å². The van der Waals surface area contributed by atoms with E-state index in [1.165, 1.54) is 38.3 Å². The molecule has 0 aromatic heterocycles. The average Bonchev–Trinajstić information content (AvgIpc) is 3.31. The van der Waals surface area contributed by atoms with Crippen LogP contribution in [-0.4, -0.2) is 130 Å². The van der Waals surface area contributed by atoms with Crippen LogP contribution in [0.5, 0.6) is 0 Å². The lowest BCUT2D eigenvalue weighted by Crippen LogP contribution is -2.60. The van der Waals surface area contributed by atoms with Crippen molar-refractivity contribution < 1.29 is 53.5 Å². The van der Waals surface area contributed by atoms with Gasteiger partial charge in [-0.15, -0.1) is 0 Å². The number of esters is 2. The predicted molar refractivity (Wildman–Crippen MR) is 259 cm³/mol. The van der Waals surface area contributed by atoms with E-state index in [1.54, 1.807) is 27.7 Å². The molecule has 0 spiro atoms. The molecule has 3 aromatic carbocycles. The average molecular weight is 945 g/mol. The lowest BCUT2D eigenvalue weighted by Gasteiger charge is -2.48. The number of carbonyl (C=O) groups excluding carboxylic acids is 2. The Morgan fingerprint density at radius 1 is 0.941 bits per heavy atom. The van der Waals surface area contributed by atoms with Gasteiger partial charge in [-0.3, -0.25) is 19.7 Å². The van der Waals surface area contributed by atoms with Gasteiger partial charge in [0.2, 0.25) is 0 Å². The fraction of sp³-hybridized carbons (Fsp3) is 0.577. The van der Waals surface area contributed by atoms with Crippen LogP contribution >= 0.6 is 0 Å². The van der Waals surface area contributed by atoms with E-state index in [-0.39, 0.29) is 37.1 Å². The number of methoxy groups -OCH3 is 1. The van der Waals surface area contributed by atoms with Crippen molar-refractivity contribution in [2.45, 2.75) is 148 Å². The SMILES string of the molecule is CC[C@H]1OC(=O)[C@H](C)[C@@H](OC(=O)Cc2ccc([N+](=O)[O-])cc2)[C@H](C)[C@@H](OC2OC(C)CC(N(C)C)C2O)[C@](C)(OC)C[C@@H](C)/C(=N\N=C(/C)c2ccc(-c3ccccc3)cc2)[C@H](C)[C@@H](O)[C@]1(C)O. The van der Waals surface area contributed by atoms with E-state index in [0.29, 0.717) is 23.4 Å². The molecule has 14 atom stereocenters. The summed E-state index contributed by atoms with van der Waals surface area (Å²) in [6.45, 7) is 15.7. The second kappa shape index (κ2) is 23.1. The number of aliphatic hydroxyl groups excluding tert-OH is 2. The Bertz CT molecular complexity index is 2220. The predicted octanol–water partition coefficient (Wildman–Crippen LogP) is 7.18. The minimum absolute atomic E-state index is 0.114. The molecule has 2 heterocycles. The zero-order chi connectivity index (χ0) is 50.2. The summed E-state index contributed by atoms with van der Waals surface area (Å²) in [5.41, 5.74) is 0.924. The van der Waals surface area contributed by atoms with Gasteiger partial charge >= 0.3 is 11.9 Å². The summed E-state index contributed by atoms with van der Waals surface area (Å²) >= 11 is 0. The third-order valence-corrected chi connectivity index (χ3v) is 14.0. The lowest BCUT2D eigenvalue weighted by molar-refractivity contribution is -0.384. The molecule has 16 heteroatoms. The van der Waals surface area contributed by atoms with Gasteiger partial charge in [0.15, 0.2) is 6.29 Å². The highest BCUT2D eigenvalue weighted by Gasteiger charge is 2.52. The number of nitro groups is 1. The quantitative estimate of drug-likeness (QED) is 0.0712. The Morgan fingerprint density at radius 2 is 1.56 bits per heavy atom. The first-order valence-corrected chi connectivity index (χ1v) is 23.5. The Balaban J connectivity index is 1.63. The Kier molecular flexibility index (Phi) is 18.4. The molecule has 5 rings (SSSR count). The maximum atomic E-state index is 14.4. The number of cyclic esters (lactones) is 1. The highest BCUT2D eigenvalue weighted by molar-refractivity contribution is 6.00. The summed E-state index contributed by atoms with van der Waals surface area (Å²) in [5, 5.41) is 57.1. The number of carbonyl (C=O) groups is 2. The highest BCUT2D eigenvalue weighted by atomic mass is 16.7. The molecule has 0 bridgehead atoms. The second-order valence-electron chi connectivity index (χ2n) is 19.4. The fourth-order valence-corrected chi connectivity index (χ4v) is 9.80. The first kappa shape index (κ1) is 54.0. The zero-order valence-corrected chi connectivity index (χ0v) is 41.6. The number of nitrogens with zero attached hydrogens (tertiary/aromatic N) is 4. The zero-order valence-electron chi connectivity index (χ0n) is 41.6. The van der Waals surface area contributed by atoms with Crippen LogP contribution in [0, 0.1) is 33.8 Å². The maximum absolute atomic E-state index is 14.4. The summed E-state index contributed by atoms with van der Waals surface area (Å²) in [7, 11) is 5.25. The molecule has 3 aromatic rings. The number of likely N-dealkylation sites (N-methyl/N-ethyl adjacent to an activating group) is 1. The lowest BCUT2D eigenvalue weighted by atomic mass is 9.73. The number of hydrogen-bond donors (Lipinski definition) is 3. The van der Waals surface area contributed by atoms with Crippen LogP contribution in [0.25, 0.3) is 11.1 Å². The molecule has 0 radical (unpaired) electrons. The Morgan fingerprint density at radius 3 is 2.13 bits per heavy atom. The van der Waals surface area contributed by atoms with Crippen LogP contribution in [0.3, 0.4) is 0 Å². The van der Waals surface area contributed by atoms with Gasteiger partial charge < -0.3 is 43.9 Å². The van der Waals surface area contributed by atoms with Crippen molar-refractivity contribution in [1.29, 1.82) is 0 Å². The molecule has 0 aliphatic carbocycles. The standard InChI is InChI=1S/C52H72N4O12/c1-13-42-52(9,61)47(59)32(4)44(54-53-35(7)37-21-23-39(24-22-37)38-17-15-14-16-18-38)30(2)29-51(8,64-12)48(68-50-45(58)41(55(10)11)27-31(3)65-50)33(5)46(34(6)49(60)66-42)67-43(57)28-36-19-25-40(26-20-36)56(62)63/h14-26,30-34,41-42,45-48,50,58-59,61H,13,27-29H2,1-12H3/b53-35+,54-44+/t30-,31?,32+,33+,34-,41?,42-,45?,46+,47-,48-,50?,51-,52-/m1/s1. The first-order valence-electron chi connectivity index (χ1n) is 23.5. The molecular weight excluding hydrogens is 873 g/mol. The summed E-state index contributed by atoms with van der Waals surface area (Å²) < 4.78 is 32.1. The molecule has 2 aliphatic heterocycles. The van der Waals surface area contributed by atoms with Crippen LogP contribution in [0.15, 0.2) is 89.1 Å². The normalized spacial score (nSPS) is 34.0.